The van der Waals surface area contributed by atoms with Crippen molar-refractivity contribution >= 4 is 88.8 Å². The summed E-state index contributed by atoms with van der Waals surface area (Å²) in [5.41, 5.74) is -4.38. The maximum absolute atomic E-state index is 15.1. The van der Waals surface area contributed by atoms with Crippen LogP contribution in [0.2, 0.25) is 0 Å². The molecule has 14 nitrogen and oxygen atoms in total. The van der Waals surface area contributed by atoms with E-state index in [0.29, 0.717) is 84.9 Å². The van der Waals surface area contributed by atoms with Crippen LogP contribution in [0.25, 0.3) is 0 Å². The van der Waals surface area contributed by atoms with Crippen molar-refractivity contribution in [3.05, 3.63) is 75.7 Å². The van der Waals surface area contributed by atoms with Crippen molar-refractivity contribution in [2.24, 2.45) is 16.7 Å². The summed E-state index contributed by atoms with van der Waals surface area (Å²) in [7, 11) is 0. The molecule has 85 heavy (non-hydrogen) atoms. The summed E-state index contributed by atoms with van der Waals surface area (Å²) >= 11 is 11.7. The van der Waals surface area contributed by atoms with Crippen LogP contribution in [0, 0.1) is 35.0 Å². The number of para-hydroxylation sites is 1. The third-order valence-electron chi connectivity index (χ3n) is 17.3. The fourth-order valence-corrected chi connectivity index (χ4v) is 14.1. The van der Waals surface area contributed by atoms with Crippen LogP contribution in [-0.2, 0) is 40.2 Å². The Morgan fingerprint density at radius 2 is 1.48 bits per heavy atom. The molecule has 1 aromatic carbocycles. The minimum Gasteiger partial charge on any atom is -0.490 e. The van der Waals surface area contributed by atoms with Gasteiger partial charge in [0.05, 0.1) is 64.7 Å². The Kier molecular flexibility index (Phi) is 28.1. The highest BCUT2D eigenvalue weighted by molar-refractivity contribution is 9.10. The number of likely N-dealkylation sites (tertiary alicyclic amines) is 2. The normalized spacial score (nSPS) is 21.2. The van der Waals surface area contributed by atoms with Crippen LogP contribution in [0.5, 0.6) is 11.5 Å². The number of amides is 2. The van der Waals surface area contributed by atoms with E-state index in [-0.39, 0.29) is 74.2 Å². The second kappa shape index (κ2) is 33.4. The topological polar surface area (TPSA) is 186 Å². The monoisotopic (exact) mass is 1400 g/mol. The number of nitriles is 1. The smallest absolute Gasteiger partial charge is 0.417 e. The minimum absolute atomic E-state index is 0.00347. The van der Waals surface area contributed by atoms with Gasteiger partial charge in [-0.25, -0.2) is 0 Å². The number of alkyl halides is 6. The van der Waals surface area contributed by atoms with E-state index >= 15 is 4.79 Å². The van der Waals surface area contributed by atoms with E-state index < -0.39 is 51.7 Å². The molecule has 2 aliphatic heterocycles. The number of thiophene rings is 1. The molecule has 8 rings (SSSR count). The number of carboxylic acids is 1. The van der Waals surface area contributed by atoms with E-state index in [2.05, 4.69) is 72.7 Å². The maximum atomic E-state index is 15.1. The molecule has 0 bridgehead atoms. The molecule has 3 unspecified atom stereocenters. The minimum atomic E-state index is -4.79. The van der Waals surface area contributed by atoms with Gasteiger partial charge in [0.1, 0.15) is 11.5 Å². The summed E-state index contributed by atoms with van der Waals surface area (Å²) in [5, 5.41) is 23.4. The number of nitrogens with zero attached hydrogens (tertiary/aromatic N) is 4. The number of benzene rings is 1. The summed E-state index contributed by atoms with van der Waals surface area (Å²) in [4.78, 5) is 72.7. The van der Waals surface area contributed by atoms with Gasteiger partial charge in [-0.1, -0.05) is 112 Å². The van der Waals surface area contributed by atoms with Gasteiger partial charge in [0, 0.05) is 69.3 Å². The van der Waals surface area contributed by atoms with Crippen molar-refractivity contribution in [2.75, 3.05) is 38.2 Å². The number of aliphatic carboxylic acids is 1. The summed E-state index contributed by atoms with van der Waals surface area (Å²) < 4.78 is 65.4. The largest absolute Gasteiger partial charge is 0.490 e. The number of halogens is 6. The third kappa shape index (κ3) is 18.9. The van der Waals surface area contributed by atoms with Crippen molar-refractivity contribution in [1.82, 2.24) is 14.8 Å². The summed E-state index contributed by atoms with van der Waals surface area (Å²) in [6.07, 6.45) is 11.8. The quantitative estimate of drug-likeness (QED) is 0.0742. The lowest BCUT2D eigenvalue weighted by Crippen LogP contribution is -2.68. The van der Waals surface area contributed by atoms with Crippen molar-refractivity contribution in [2.45, 2.75) is 216 Å². The summed E-state index contributed by atoms with van der Waals surface area (Å²) in [5.74, 6) is -0.726. The molecule has 0 radical (unpaired) electrons. The van der Waals surface area contributed by atoms with Crippen molar-refractivity contribution < 1.29 is 61.2 Å². The average molecular weight is 1400 g/mol. The molecule has 5 aliphatic rings. The highest BCUT2D eigenvalue weighted by atomic mass is 79.9. The van der Waals surface area contributed by atoms with Crippen molar-refractivity contribution in [3.8, 4) is 17.6 Å². The number of hydrogen-bond acceptors (Lipinski definition) is 12. The zero-order valence-electron chi connectivity index (χ0n) is 50.6. The molecule has 3 aliphatic carbocycles. The first-order valence-electron chi connectivity index (χ1n) is 30.3. The molecule has 2 saturated heterocycles. The number of esters is 2. The summed E-state index contributed by atoms with van der Waals surface area (Å²) in [6, 6.07) is 11.6. The molecular formula is C64H88Br3F3N4O10S. The Labute approximate surface area is 530 Å². The number of aromatic nitrogens is 1. The Bertz CT molecular complexity index is 2690. The van der Waals surface area contributed by atoms with E-state index in [1.807, 2.05) is 65.0 Å². The van der Waals surface area contributed by atoms with Gasteiger partial charge in [-0.15, -0.1) is 11.3 Å². The highest BCUT2D eigenvalue weighted by Gasteiger charge is 2.57. The number of carboxylic acid groups (broad SMARTS) is 1. The Hall–Kier alpha value is -4.26. The molecule has 5 fully saturated rings. The zero-order valence-corrected chi connectivity index (χ0v) is 56.1. The molecule has 21 heteroatoms. The predicted octanol–water partition coefficient (Wildman–Crippen LogP) is 15.8. The van der Waals surface area contributed by atoms with Gasteiger partial charge in [0.2, 0.25) is 5.60 Å². The summed E-state index contributed by atoms with van der Waals surface area (Å²) in [6.45, 7) is 15.2. The molecule has 3 saturated carbocycles. The molecule has 4 heterocycles. The Morgan fingerprint density at radius 3 is 1.98 bits per heavy atom. The Morgan fingerprint density at radius 1 is 0.847 bits per heavy atom. The number of carbonyl (C=O) groups excluding carboxylic acids is 4. The van der Waals surface area contributed by atoms with E-state index in [0.717, 1.165) is 73.6 Å². The van der Waals surface area contributed by atoms with Crippen LogP contribution >= 0.6 is 59.1 Å². The lowest BCUT2D eigenvalue weighted by molar-refractivity contribution is -0.162. The maximum Gasteiger partial charge on any atom is 0.417 e. The molecule has 2 amide bonds. The molecule has 2 aromatic heterocycles. The molecule has 0 spiro atoms. The lowest BCUT2D eigenvalue weighted by Gasteiger charge is -2.51. The number of hydrogen-bond donors (Lipinski definition) is 1. The molecule has 3 aromatic rings. The molecule has 5 atom stereocenters. The Balaban J connectivity index is 0.000000368. The van der Waals surface area contributed by atoms with Gasteiger partial charge in [-0.2, -0.15) is 18.4 Å². The van der Waals surface area contributed by atoms with E-state index in [4.69, 9.17) is 18.9 Å². The number of pyridine rings is 1. The van der Waals surface area contributed by atoms with Crippen LogP contribution in [-0.4, -0.2) is 115 Å². The number of carbonyl (C=O) groups is 5. The van der Waals surface area contributed by atoms with Gasteiger partial charge in [-0.3, -0.25) is 29.0 Å². The fourth-order valence-electron chi connectivity index (χ4n) is 11.7. The number of aryl methyl sites for hydroxylation is 1. The second-order valence-corrected chi connectivity index (χ2v) is 28.4. The zero-order chi connectivity index (χ0) is 62.6. The number of piperidine rings is 2. The first kappa shape index (κ1) is 71.5. The first-order valence-corrected chi connectivity index (χ1v) is 34.2. The number of ether oxygens (including phenoxy) is 4. The van der Waals surface area contributed by atoms with E-state index in [9.17, 15) is 42.7 Å². The van der Waals surface area contributed by atoms with Crippen LogP contribution in [0.1, 0.15) is 196 Å². The van der Waals surface area contributed by atoms with Gasteiger partial charge < -0.3 is 33.9 Å². The van der Waals surface area contributed by atoms with Gasteiger partial charge in [0.15, 0.2) is 0 Å². The standard InChI is InChI=1S/C42H49F3N4O6S.C11H19BrO2.C7H12O2.C4H8Br2/c1-4-9-35-41(55-30-24-29(3)56-26-30,16-8-21-49(35)36(50)31-25-47-20-13-32(31)42(43,44)45)37(51)48-22-18-40(27-46,19-23-48)33-10-5-6-11-34(33)54-28(2)12-17-39(38(52)53)14-7-15-39;1-3-14-10(13)11(6-4-7-11)8-5-9(2)12;1-2-9-7(8)6-4-3-5-6;1-4(6)2-3-5/h5-6,10-11,13,20,24-26,28,35H,4,7-9,12,14-19,21-23H2,1-3H3,(H,52,53);9H,3-8H2,1-2H3;6H,2-5H2,1H3;4H,2-3H2,1H3/t28?,35-,41+;;;/m1.../s1. The second-order valence-electron chi connectivity index (χ2n) is 23.4. The molecule has 472 valence electrons. The molecular weight excluding hydrogens is 1310 g/mol. The van der Waals surface area contributed by atoms with Gasteiger partial charge in [-0.05, 0) is 142 Å². The predicted molar refractivity (Wildman–Crippen MR) is 335 cm³/mol. The van der Waals surface area contributed by atoms with Crippen LogP contribution in [0.15, 0.2) is 54.2 Å². The fraction of sp³-hybridized carbons (Fsp3) is 0.672. The lowest BCUT2D eigenvalue weighted by atomic mass is 9.66. The van der Waals surface area contributed by atoms with E-state index in [1.165, 1.54) is 35.5 Å². The highest BCUT2D eigenvalue weighted by Crippen LogP contribution is 2.48. The van der Waals surface area contributed by atoms with Crippen LogP contribution in [0.3, 0.4) is 0 Å². The van der Waals surface area contributed by atoms with Crippen molar-refractivity contribution in [3.63, 3.8) is 0 Å². The SMILES string of the molecule is CC(Br)CCBr.CCC[C@H]1N(C(=O)c2cnccc2C(F)(F)F)CCC[C@@]1(Oc1csc(C)c1)C(=O)N1CCC(C#N)(c2ccccc2OC(C)CCC2(C(=O)O)CCC2)CC1.CCOC(=O)C1(CCC(C)Br)CCC1.CCOC(=O)C1CCC1. The average Bonchev–Trinajstić information content (AvgIpc) is 2.81. The third-order valence-corrected chi connectivity index (χ3v) is 19.5. The van der Waals surface area contributed by atoms with Gasteiger partial charge in [0.25, 0.3) is 11.8 Å². The van der Waals surface area contributed by atoms with Crippen molar-refractivity contribution in [1.29, 1.82) is 5.26 Å². The van der Waals surface area contributed by atoms with E-state index in [1.54, 1.807) is 10.3 Å². The first-order chi connectivity index (χ1) is 40.4. The number of rotatable bonds is 22. The molecule has 1 N–H and O–H groups in total. The van der Waals surface area contributed by atoms with Crippen LogP contribution in [0.4, 0.5) is 13.2 Å². The van der Waals surface area contributed by atoms with Gasteiger partial charge >= 0.3 is 24.1 Å². The van der Waals surface area contributed by atoms with Crippen LogP contribution < -0.4 is 9.47 Å².